The molecule has 0 amide bonds. The summed E-state index contributed by atoms with van der Waals surface area (Å²) in [5.41, 5.74) is 4.41. The first-order valence-corrected chi connectivity index (χ1v) is 11.8. The normalized spacial score (nSPS) is 17.4. The van der Waals surface area contributed by atoms with Crippen LogP contribution in [0.2, 0.25) is 0 Å². The minimum Gasteiger partial charge on any atom is -0.485 e. The van der Waals surface area contributed by atoms with Crippen molar-refractivity contribution in [2.24, 2.45) is 5.92 Å². The Balaban J connectivity index is 1.11. The summed E-state index contributed by atoms with van der Waals surface area (Å²) >= 11 is 0. The summed E-state index contributed by atoms with van der Waals surface area (Å²) in [7, 11) is 0. The van der Waals surface area contributed by atoms with Crippen molar-refractivity contribution in [1.82, 2.24) is 9.97 Å². The van der Waals surface area contributed by atoms with E-state index >= 15 is 0 Å². The topological polar surface area (TPSA) is 56.7 Å². The predicted molar refractivity (Wildman–Crippen MR) is 127 cm³/mol. The van der Waals surface area contributed by atoms with Gasteiger partial charge in [-0.2, -0.15) is 0 Å². The molecule has 0 unspecified atom stereocenters. The second-order valence-corrected chi connectivity index (χ2v) is 8.81. The van der Waals surface area contributed by atoms with Gasteiger partial charge in [-0.3, -0.25) is 0 Å². The van der Waals surface area contributed by atoms with Crippen LogP contribution in [0.5, 0.6) is 5.75 Å². The Morgan fingerprint density at radius 1 is 0.970 bits per heavy atom. The average molecular weight is 446 g/mol. The minimum atomic E-state index is -0.205. The standard InChI is InChI=1S/C27H31N3O3/c1-20-25(33-19-22-5-3-2-4-6-22)18-28-26(29-20)17-21-11-13-30(14-12-21)24-9-7-23(8-10-24)27-31-15-16-32-27/h2-10,18,21,27H,11-17,19H2,1H3. The Hall–Kier alpha value is -2.96. The monoisotopic (exact) mass is 445 g/mol. The molecule has 2 aliphatic heterocycles. The lowest BCUT2D eigenvalue weighted by molar-refractivity contribution is -0.0441. The molecule has 3 heterocycles. The van der Waals surface area contributed by atoms with E-state index in [9.17, 15) is 0 Å². The summed E-state index contributed by atoms with van der Waals surface area (Å²) < 4.78 is 17.1. The molecule has 0 aliphatic carbocycles. The summed E-state index contributed by atoms with van der Waals surface area (Å²) in [6, 6.07) is 18.8. The van der Waals surface area contributed by atoms with Gasteiger partial charge in [-0.05, 0) is 43.4 Å². The van der Waals surface area contributed by atoms with E-state index in [0.717, 1.165) is 60.7 Å². The van der Waals surface area contributed by atoms with Crippen LogP contribution in [-0.2, 0) is 22.5 Å². The van der Waals surface area contributed by atoms with Crippen LogP contribution in [0.25, 0.3) is 0 Å². The van der Waals surface area contributed by atoms with Gasteiger partial charge in [0.15, 0.2) is 12.0 Å². The fourth-order valence-electron chi connectivity index (χ4n) is 4.53. The largest absolute Gasteiger partial charge is 0.485 e. The third kappa shape index (κ3) is 5.52. The van der Waals surface area contributed by atoms with E-state index in [0.29, 0.717) is 25.7 Å². The SMILES string of the molecule is Cc1nc(CC2CCN(c3ccc(C4OCCO4)cc3)CC2)ncc1OCc1ccccc1. The van der Waals surface area contributed by atoms with E-state index in [4.69, 9.17) is 19.2 Å². The van der Waals surface area contributed by atoms with Crippen molar-refractivity contribution in [3.05, 3.63) is 83.4 Å². The van der Waals surface area contributed by atoms with Crippen molar-refractivity contribution in [1.29, 1.82) is 0 Å². The zero-order chi connectivity index (χ0) is 22.5. The molecule has 5 rings (SSSR count). The van der Waals surface area contributed by atoms with Gasteiger partial charge in [0.25, 0.3) is 0 Å². The Morgan fingerprint density at radius 2 is 1.70 bits per heavy atom. The highest BCUT2D eigenvalue weighted by molar-refractivity contribution is 5.48. The van der Waals surface area contributed by atoms with Crippen molar-refractivity contribution < 1.29 is 14.2 Å². The first-order valence-electron chi connectivity index (χ1n) is 11.8. The fourth-order valence-corrected chi connectivity index (χ4v) is 4.53. The lowest BCUT2D eigenvalue weighted by Gasteiger charge is -2.33. The molecule has 0 saturated carbocycles. The summed E-state index contributed by atoms with van der Waals surface area (Å²) in [4.78, 5) is 11.8. The highest BCUT2D eigenvalue weighted by atomic mass is 16.7. The molecule has 0 spiro atoms. The zero-order valence-electron chi connectivity index (χ0n) is 19.2. The maximum atomic E-state index is 5.92. The van der Waals surface area contributed by atoms with Gasteiger partial charge in [0.2, 0.25) is 0 Å². The lowest BCUT2D eigenvalue weighted by atomic mass is 9.93. The number of aromatic nitrogens is 2. The number of anilines is 1. The molecule has 33 heavy (non-hydrogen) atoms. The number of nitrogens with zero attached hydrogens (tertiary/aromatic N) is 3. The highest BCUT2D eigenvalue weighted by Gasteiger charge is 2.22. The van der Waals surface area contributed by atoms with Crippen LogP contribution in [0.4, 0.5) is 5.69 Å². The average Bonchev–Trinajstić information content (AvgIpc) is 3.40. The Labute approximate surface area is 195 Å². The molecule has 1 aromatic heterocycles. The van der Waals surface area contributed by atoms with Crippen LogP contribution in [-0.4, -0.2) is 36.3 Å². The van der Waals surface area contributed by atoms with Crippen LogP contribution in [0.15, 0.2) is 60.8 Å². The van der Waals surface area contributed by atoms with E-state index in [-0.39, 0.29) is 6.29 Å². The smallest absolute Gasteiger partial charge is 0.184 e. The number of ether oxygens (including phenoxy) is 3. The molecule has 6 heteroatoms. The molecule has 2 aliphatic rings. The maximum absolute atomic E-state index is 5.92. The van der Waals surface area contributed by atoms with E-state index in [1.807, 2.05) is 31.3 Å². The van der Waals surface area contributed by atoms with Gasteiger partial charge in [0, 0.05) is 30.8 Å². The summed E-state index contributed by atoms with van der Waals surface area (Å²) in [6.07, 6.45) is 4.83. The van der Waals surface area contributed by atoms with Crippen molar-refractivity contribution >= 4 is 5.69 Å². The summed E-state index contributed by atoms with van der Waals surface area (Å²) in [6.45, 7) is 5.98. The highest BCUT2D eigenvalue weighted by Crippen LogP contribution is 2.29. The molecule has 0 bridgehead atoms. The molecule has 0 radical (unpaired) electrons. The van der Waals surface area contributed by atoms with Crippen LogP contribution >= 0.6 is 0 Å². The van der Waals surface area contributed by atoms with Gasteiger partial charge in [-0.15, -0.1) is 0 Å². The predicted octanol–water partition coefficient (Wildman–Crippen LogP) is 4.87. The van der Waals surface area contributed by atoms with Crippen LogP contribution < -0.4 is 9.64 Å². The minimum absolute atomic E-state index is 0.205. The molecule has 3 aromatic rings. The number of hydrogen-bond acceptors (Lipinski definition) is 6. The molecule has 0 N–H and O–H groups in total. The fraction of sp³-hybridized carbons (Fsp3) is 0.407. The third-order valence-electron chi connectivity index (χ3n) is 6.46. The van der Waals surface area contributed by atoms with Crippen LogP contribution in [0, 0.1) is 12.8 Å². The van der Waals surface area contributed by atoms with Gasteiger partial charge in [0.1, 0.15) is 12.4 Å². The van der Waals surface area contributed by atoms with Crippen molar-refractivity contribution in [3.8, 4) is 5.75 Å². The zero-order valence-corrected chi connectivity index (χ0v) is 19.2. The molecule has 2 saturated heterocycles. The van der Waals surface area contributed by atoms with Crippen LogP contribution in [0.1, 0.15) is 41.8 Å². The molecular formula is C27H31N3O3. The first-order chi connectivity index (χ1) is 16.2. The number of benzene rings is 2. The molecule has 172 valence electrons. The number of aryl methyl sites for hydroxylation is 1. The molecular weight excluding hydrogens is 414 g/mol. The van der Waals surface area contributed by atoms with E-state index in [1.165, 1.54) is 5.69 Å². The number of rotatable bonds is 7. The van der Waals surface area contributed by atoms with Crippen molar-refractivity contribution in [2.75, 3.05) is 31.2 Å². The number of piperidine rings is 1. The van der Waals surface area contributed by atoms with Gasteiger partial charge in [-0.25, -0.2) is 9.97 Å². The maximum Gasteiger partial charge on any atom is 0.184 e. The second-order valence-electron chi connectivity index (χ2n) is 8.81. The summed E-state index contributed by atoms with van der Waals surface area (Å²) in [5.74, 6) is 2.28. The van der Waals surface area contributed by atoms with E-state index in [2.05, 4.69) is 46.3 Å². The van der Waals surface area contributed by atoms with Gasteiger partial charge in [-0.1, -0.05) is 42.5 Å². The van der Waals surface area contributed by atoms with E-state index in [1.54, 1.807) is 0 Å². The Morgan fingerprint density at radius 3 is 2.39 bits per heavy atom. The third-order valence-corrected chi connectivity index (χ3v) is 6.46. The van der Waals surface area contributed by atoms with Gasteiger partial charge in [0.05, 0.1) is 25.1 Å². The Bertz CT molecular complexity index is 1030. The van der Waals surface area contributed by atoms with Gasteiger partial charge < -0.3 is 19.1 Å². The quantitative estimate of drug-likeness (QED) is 0.517. The molecule has 0 atom stereocenters. The van der Waals surface area contributed by atoms with Crippen molar-refractivity contribution in [2.45, 2.75) is 39.1 Å². The Kier molecular flexibility index (Phi) is 6.84. The van der Waals surface area contributed by atoms with E-state index < -0.39 is 0 Å². The number of hydrogen-bond donors (Lipinski definition) is 0. The second kappa shape index (κ2) is 10.3. The summed E-state index contributed by atoms with van der Waals surface area (Å²) in [5, 5.41) is 0. The first kappa shape index (κ1) is 21.9. The van der Waals surface area contributed by atoms with Gasteiger partial charge >= 0.3 is 0 Å². The van der Waals surface area contributed by atoms with Crippen LogP contribution in [0.3, 0.4) is 0 Å². The van der Waals surface area contributed by atoms with Crippen molar-refractivity contribution in [3.63, 3.8) is 0 Å². The molecule has 6 nitrogen and oxygen atoms in total. The molecule has 2 aromatic carbocycles. The lowest BCUT2D eigenvalue weighted by Crippen LogP contribution is -2.34. The molecule has 2 fully saturated rings.